The van der Waals surface area contributed by atoms with Crippen LogP contribution in [-0.4, -0.2) is 39.4 Å². The highest BCUT2D eigenvalue weighted by atomic mass is 16.5. The molecule has 0 aromatic heterocycles. The molecule has 0 radical (unpaired) electrons. The summed E-state index contributed by atoms with van der Waals surface area (Å²) >= 11 is 0. The number of rotatable bonds is 9. The van der Waals surface area contributed by atoms with Crippen molar-refractivity contribution in [3.05, 3.63) is 30.3 Å². The van der Waals surface area contributed by atoms with Crippen LogP contribution in [0, 0.1) is 0 Å². The summed E-state index contributed by atoms with van der Waals surface area (Å²) < 4.78 is 5.37. The molecule has 0 saturated carbocycles. The Morgan fingerprint density at radius 2 is 2.00 bits per heavy atom. The zero-order valence-electron chi connectivity index (χ0n) is 11.9. The zero-order valence-corrected chi connectivity index (χ0v) is 11.9. The second kappa shape index (κ2) is 8.95. The second-order valence-electron chi connectivity index (χ2n) is 4.63. The van der Waals surface area contributed by atoms with E-state index >= 15 is 0 Å². The van der Waals surface area contributed by atoms with Crippen LogP contribution in [-0.2, 0) is 4.74 Å². The minimum Gasteiger partial charge on any atom is -0.380 e. The standard InChI is InChI=1S/C15H26N2O/c1-4-18-13-14(2)16-11-8-12-17(3)15-9-6-5-7-10-15/h5-7,9-10,14,16H,4,8,11-13H2,1-3H3. The van der Waals surface area contributed by atoms with E-state index in [1.165, 1.54) is 5.69 Å². The lowest BCUT2D eigenvalue weighted by Gasteiger charge is -2.20. The summed E-state index contributed by atoms with van der Waals surface area (Å²) in [7, 11) is 2.14. The van der Waals surface area contributed by atoms with Crippen molar-refractivity contribution in [1.29, 1.82) is 0 Å². The van der Waals surface area contributed by atoms with E-state index in [9.17, 15) is 0 Å². The van der Waals surface area contributed by atoms with E-state index in [0.717, 1.165) is 32.7 Å². The van der Waals surface area contributed by atoms with Crippen LogP contribution < -0.4 is 10.2 Å². The Hall–Kier alpha value is -1.06. The normalized spacial score (nSPS) is 12.4. The molecule has 0 aliphatic carbocycles. The molecule has 0 saturated heterocycles. The molecule has 0 bridgehead atoms. The van der Waals surface area contributed by atoms with Crippen molar-refractivity contribution in [3.63, 3.8) is 0 Å². The lowest BCUT2D eigenvalue weighted by atomic mass is 10.2. The summed E-state index contributed by atoms with van der Waals surface area (Å²) in [4.78, 5) is 2.29. The Kier molecular flexibility index (Phi) is 7.46. The van der Waals surface area contributed by atoms with Crippen molar-refractivity contribution in [2.75, 3.05) is 38.3 Å². The molecule has 3 nitrogen and oxygen atoms in total. The van der Waals surface area contributed by atoms with Crippen molar-refractivity contribution in [2.24, 2.45) is 0 Å². The lowest BCUT2D eigenvalue weighted by Crippen LogP contribution is -2.33. The molecule has 3 heteroatoms. The Bertz CT molecular complexity index is 303. The van der Waals surface area contributed by atoms with Gasteiger partial charge < -0.3 is 15.0 Å². The molecule has 1 aromatic rings. The van der Waals surface area contributed by atoms with E-state index in [4.69, 9.17) is 4.74 Å². The van der Waals surface area contributed by atoms with Gasteiger partial charge in [0.15, 0.2) is 0 Å². The first-order valence-corrected chi connectivity index (χ1v) is 6.81. The molecule has 18 heavy (non-hydrogen) atoms. The van der Waals surface area contributed by atoms with Gasteiger partial charge in [0.05, 0.1) is 6.61 Å². The van der Waals surface area contributed by atoms with Gasteiger partial charge in [-0.25, -0.2) is 0 Å². The SMILES string of the molecule is CCOCC(C)NCCCN(C)c1ccccc1. The summed E-state index contributed by atoms with van der Waals surface area (Å²) in [6.45, 7) is 7.88. The van der Waals surface area contributed by atoms with E-state index in [1.54, 1.807) is 0 Å². The summed E-state index contributed by atoms with van der Waals surface area (Å²) in [5.74, 6) is 0. The second-order valence-corrected chi connectivity index (χ2v) is 4.63. The Labute approximate surface area is 111 Å². The molecule has 0 amide bonds. The van der Waals surface area contributed by atoms with Crippen molar-refractivity contribution in [2.45, 2.75) is 26.3 Å². The minimum absolute atomic E-state index is 0.437. The summed E-state index contributed by atoms with van der Waals surface area (Å²) in [5, 5.41) is 3.47. The number of benzene rings is 1. The number of para-hydroxylation sites is 1. The Morgan fingerprint density at radius 1 is 1.28 bits per heavy atom. The third-order valence-electron chi connectivity index (χ3n) is 2.93. The van der Waals surface area contributed by atoms with Crippen LogP contribution in [0.5, 0.6) is 0 Å². The van der Waals surface area contributed by atoms with Crippen LogP contribution in [0.3, 0.4) is 0 Å². The molecule has 102 valence electrons. The summed E-state index contributed by atoms with van der Waals surface area (Å²) in [6, 6.07) is 10.9. The smallest absolute Gasteiger partial charge is 0.0616 e. The van der Waals surface area contributed by atoms with Crippen LogP contribution in [0.15, 0.2) is 30.3 Å². The molecule has 0 spiro atoms. The van der Waals surface area contributed by atoms with Gasteiger partial charge in [-0.2, -0.15) is 0 Å². The Balaban J connectivity index is 2.11. The molecule has 0 aliphatic rings. The molecule has 1 unspecified atom stereocenters. The molecule has 1 atom stereocenters. The highest BCUT2D eigenvalue weighted by Crippen LogP contribution is 2.10. The molecule has 0 aliphatic heterocycles. The van der Waals surface area contributed by atoms with Crippen LogP contribution in [0.2, 0.25) is 0 Å². The van der Waals surface area contributed by atoms with E-state index in [-0.39, 0.29) is 0 Å². The maximum absolute atomic E-state index is 5.37. The van der Waals surface area contributed by atoms with Crippen molar-refractivity contribution < 1.29 is 4.74 Å². The first-order chi connectivity index (χ1) is 8.74. The highest BCUT2D eigenvalue weighted by Gasteiger charge is 2.02. The van der Waals surface area contributed by atoms with Gasteiger partial charge in [-0.3, -0.25) is 0 Å². The van der Waals surface area contributed by atoms with Crippen LogP contribution in [0.1, 0.15) is 20.3 Å². The lowest BCUT2D eigenvalue weighted by molar-refractivity contribution is 0.127. The Morgan fingerprint density at radius 3 is 2.67 bits per heavy atom. The fraction of sp³-hybridized carbons (Fsp3) is 0.600. The van der Waals surface area contributed by atoms with Gasteiger partial charge >= 0.3 is 0 Å². The van der Waals surface area contributed by atoms with Gasteiger partial charge in [0.1, 0.15) is 0 Å². The number of hydrogen-bond acceptors (Lipinski definition) is 3. The van der Waals surface area contributed by atoms with Crippen LogP contribution >= 0.6 is 0 Å². The molecular formula is C15H26N2O. The molecule has 0 fully saturated rings. The first kappa shape index (κ1) is 15.0. The molecule has 1 aromatic carbocycles. The predicted octanol–water partition coefficient (Wildman–Crippen LogP) is 2.53. The van der Waals surface area contributed by atoms with Crippen LogP contribution in [0.4, 0.5) is 5.69 Å². The highest BCUT2D eigenvalue weighted by molar-refractivity contribution is 5.44. The zero-order chi connectivity index (χ0) is 13.2. The molecule has 0 heterocycles. The van der Waals surface area contributed by atoms with Gasteiger partial charge in [0.2, 0.25) is 0 Å². The predicted molar refractivity (Wildman–Crippen MR) is 78.3 cm³/mol. The third kappa shape index (κ3) is 6.03. The van der Waals surface area contributed by atoms with E-state index in [1.807, 2.05) is 13.0 Å². The number of hydrogen-bond donors (Lipinski definition) is 1. The molecular weight excluding hydrogens is 224 g/mol. The van der Waals surface area contributed by atoms with Crippen molar-refractivity contribution >= 4 is 5.69 Å². The summed E-state index contributed by atoms with van der Waals surface area (Å²) in [6.07, 6.45) is 1.14. The van der Waals surface area contributed by atoms with Gasteiger partial charge in [0.25, 0.3) is 0 Å². The fourth-order valence-corrected chi connectivity index (χ4v) is 1.83. The van der Waals surface area contributed by atoms with Gasteiger partial charge in [-0.05, 0) is 38.9 Å². The maximum Gasteiger partial charge on any atom is 0.0616 e. The van der Waals surface area contributed by atoms with Gasteiger partial charge in [0, 0.05) is 31.9 Å². The van der Waals surface area contributed by atoms with E-state index in [2.05, 4.69) is 48.5 Å². The van der Waals surface area contributed by atoms with Crippen molar-refractivity contribution in [1.82, 2.24) is 5.32 Å². The van der Waals surface area contributed by atoms with Gasteiger partial charge in [-0.15, -0.1) is 0 Å². The van der Waals surface area contributed by atoms with Crippen molar-refractivity contribution in [3.8, 4) is 0 Å². The number of ether oxygens (including phenoxy) is 1. The fourth-order valence-electron chi connectivity index (χ4n) is 1.83. The topological polar surface area (TPSA) is 24.5 Å². The summed E-state index contributed by atoms with van der Waals surface area (Å²) in [5.41, 5.74) is 1.28. The molecule has 1 rings (SSSR count). The number of anilines is 1. The molecule has 1 N–H and O–H groups in total. The van der Waals surface area contributed by atoms with E-state index < -0.39 is 0 Å². The third-order valence-corrected chi connectivity index (χ3v) is 2.93. The average molecular weight is 250 g/mol. The monoisotopic (exact) mass is 250 g/mol. The minimum atomic E-state index is 0.437. The largest absolute Gasteiger partial charge is 0.380 e. The maximum atomic E-state index is 5.37. The van der Waals surface area contributed by atoms with Gasteiger partial charge in [-0.1, -0.05) is 18.2 Å². The number of nitrogens with one attached hydrogen (secondary N) is 1. The first-order valence-electron chi connectivity index (χ1n) is 6.81. The van der Waals surface area contributed by atoms with Crippen LogP contribution in [0.25, 0.3) is 0 Å². The number of nitrogens with zero attached hydrogens (tertiary/aromatic N) is 1. The van der Waals surface area contributed by atoms with E-state index in [0.29, 0.717) is 6.04 Å². The quantitative estimate of drug-likeness (QED) is 0.682. The average Bonchev–Trinajstić information content (AvgIpc) is 2.42.